The Labute approximate surface area is 141 Å². The number of ether oxygens (including phenoxy) is 2. The van der Waals surface area contributed by atoms with Crippen LogP contribution >= 0.6 is 0 Å². The Morgan fingerprint density at radius 2 is 1.61 bits per heavy atom. The van der Waals surface area contributed by atoms with E-state index in [1.54, 1.807) is 0 Å². The number of carbonyl (C=O) groups is 1. The molecule has 23 heavy (non-hydrogen) atoms. The second kappa shape index (κ2) is 10.3. The van der Waals surface area contributed by atoms with Crippen LogP contribution in [0.25, 0.3) is 0 Å². The molecule has 2 heterocycles. The third kappa shape index (κ3) is 6.77. The number of nitrogens with one attached hydrogen (secondary N) is 1. The van der Waals surface area contributed by atoms with E-state index in [4.69, 9.17) is 9.47 Å². The smallest absolute Gasteiger partial charge is 0.239 e. The fourth-order valence-electron chi connectivity index (χ4n) is 3.47. The first-order valence-corrected chi connectivity index (χ1v) is 9.56. The molecule has 0 spiro atoms. The maximum Gasteiger partial charge on any atom is 0.239 e. The molecule has 5 nitrogen and oxygen atoms in total. The zero-order valence-electron chi connectivity index (χ0n) is 14.8. The lowest BCUT2D eigenvalue weighted by Gasteiger charge is -2.28. The average molecular weight is 326 g/mol. The summed E-state index contributed by atoms with van der Waals surface area (Å²) < 4.78 is 11.6. The zero-order chi connectivity index (χ0) is 16.4. The van der Waals surface area contributed by atoms with Gasteiger partial charge in [0.1, 0.15) is 0 Å². The molecule has 0 radical (unpaired) electrons. The van der Waals surface area contributed by atoms with Crippen LogP contribution in [0.15, 0.2) is 0 Å². The Balaban J connectivity index is 1.65. The van der Waals surface area contributed by atoms with Gasteiger partial charge >= 0.3 is 0 Å². The van der Waals surface area contributed by atoms with E-state index in [1.165, 1.54) is 38.5 Å². The lowest BCUT2D eigenvalue weighted by Crippen LogP contribution is -2.44. The molecule has 1 amide bonds. The number of hydrazine groups is 1. The van der Waals surface area contributed by atoms with Gasteiger partial charge in [-0.05, 0) is 19.3 Å². The van der Waals surface area contributed by atoms with E-state index in [0.29, 0.717) is 19.6 Å². The summed E-state index contributed by atoms with van der Waals surface area (Å²) in [7, 11) is 0. The zero-order valence-corrected chi connectivity index (χ0v) is 14.8. The normalized spacial score (nSPS) is 20.9. The highest BCUT2D eigenvalue weighted by Crippen LogP contribution is 2.30. The monoisotopic (exact) mass is 326 g/mol. The second-order valence-electron chi connectivity index (χ2n) is 6.88. The first-order valence-electron chi connectivity index (χ1n) is 9.56. The first kappa shape index (κ1) is 18.7. The molecular formula is C18H34N2O3. The minimum absolute atomic E-state index is 0.0248. The summed E-state index contributed by atoms with van der Waals surface area (Å²) in [5.41, 5.74) is 2.99. The minimum atomic E-state index is -0.673. The molecule has 0 saturated carbocycles. The van der Waals surface area contributed by atoms with Crippen LogP contribution in [0.4, 0.5) is 0 Å². The number of carbonyl (C=O) groups excluding carboxylic acids is 1. The molecule has 5 heteroatoms. The fraction of sp³-hybridized carbons (Fsp3) is 0.944. The summed E-state index contributed by atoms with van der Waals surface area (Å²) >= 11 is 0. The van der Waals surface area contributed by atoms with Crippen molar-refractivity contribution in [3.63, 3.8) is 0 Å². The van der Waals surface area contributed by atoms with Gasteiger partial charge in [0.05, 0.1) is 19.6 Å². The SMILES string of the molecule is CCCCCCCCCC1(CC(=O)NN2CCCC2)OCCO1. The van der Waals surface area contributed by atoms with Crippen LogP contribution in [-0.4, -0.2) is 43.0 Å². The lowest BCUT2D eigenvalue weighted by atomic mass is 10.0. The fourth-order valence-corrected chi connectivity index (χ4v) is 3.47. The van der Waals surface area contributed by atoms with Crippen molar-refractivity contribution in [2.75, 3.05) is 26.3 Å². The van der Waals surface area contributed by atoms with Gasteiger partial charge in [0.25, 0.3) is 0 Å². The van der Waals surface area contributed by atoms with E-state index in [-0.39, 0.29) is 5.91 Å². The quantitative estimate of drug-likeness (QED) is 0.591. The summed E-state index contributed by atoms with van der Waals surface area (Å²) in [6.45, 7) is 5.36. The Hall–Kier alpha value is -0.650. The van der Waals surface area contributed by atoms with Crippen molar-refractivity contribution in [1.82, 2.24) is 10.4 Å². The number of amides is 1. The van der Waals surface area contributed by atoms with Crippen molar-refractivity contribution >= 4 is 5.91 Å². The Bertz CT molecular complexity index is 337. The van der Waals surface area contributed by atoms with Crippen LogP contribution < -0.4 is 5.43 Å². The van der Waals surface area contributed by atoms with E-state index >= 15 is 0 Å². The van der Waals surface area contributed by atoms with Gasteiger partial charge in [0.2, 0.25) is 5.91 Å². The van der Waals surface area contributed by atoms with E-state index in [2.05, 4.69) is 12.3 Å². The molecule has 0 aliphatic carbocycles. The summed E-state index contributed by atoms with van der Waals surface area (Å²) in [4.78, 5) is 12.3. The van der Waals surface area contributed by atoms with Gasteiger partial charge in [-0.1, -0.05) is 45.4 Å². The second-order valence-corrected chi connectivity index (χ2v) is 6.88. The lowest BCUT2D eigenvalue weighted by molar-refractivity contribution is -0.176. The summed E-state index contributed by atoms with van der Waals surface area (Å²) in [6, 6.07) is 0. The van der Waals surface area contributed by atoms with Crippen LogP contribution in [0.3, 0.4) is 0 Å². The van der Waals surface area contributed by atoms with Gasteiger partial charge in [0.15, 0.2) is 5.79 Å². The van der Waals surface area contributed by atoms with Crippen LogP contribution in [0.5, 0.6) is 0 Å². The molecule has 1 N–H and O–H groups in total. The Morgan fingerprint density at radius 3 is 2.26 bits per heavy atom. The predicted octanol–water partition coefficient (Wildman–Crippen LogP) is 3.39. The van der Waals surface area contributed by atoms with Gasteiger partial charge in [-0.3, -0.25) is 10.2 Å². The Morgan fingerprint density at radius 1 is 1.00 bits per heavy atom. The highest BCUT2D eigenvalue weighted by Gasteiger charge is 2.38. The maximum atomic E-state index is 12.3. The van der Waals surface area contributed by atoms with Crippen LogP contribution in [0, 0.1) is 0 Å². The minimum Gasteiger partial charge on any atom is -0.347 e. The largest absolute Gasteiger partial charge is 0.347 e. The molecule has 134 valence electrons. The van der Waals surface area contributed by atoms with Crippen molar-refractivity contribution in [1.29, 1.82) is 0 Å². The predicted molar refractivity (Wildman–Crippen MR) is 90.8 cm³/mol. The van der Waals surface area contributed by atoms with Gasteiger partial charge < -0.3 is 9.47 Å². The van der Waals surface area contributed by atoms with Gasteiger partial charge in [-0.2, -0.15) is 0 Å². The van der Waals surface area contributed by atoms with E-state index in [9.17, 15) is 4.79 Å². The van der Waals surface area contributed by atoms with Crippen molar-refractivity contribution in [3.05, 3.63) is 0 Å². The molecule has 0 aromatic rings. The van der Waals surface area contributed by atoms with Crippen LogP contribution in [0.2, 0.25) is 0 Å². The van der Waals surface area contributed by atoms with Crippen molar-refractivity contribution < 1.29 is 14.3 Å². The van der Waals surface area contributed by atoms with Gasteiger partial charge in [-0.15, -0.1) is 0 Å². The number of rotatable bonds is 11. The third-order valence-corrected chi connectivity index (χ3v) is 4.79. The molecule has 0 unspecified atom stereocenters. The summed E-state index contributed by atoms with van der Waals surface area (Å²) in [6.07, 6.45) is 12.3. The van der Waals surface area contributed by atoms with Crippen molar-refractivity contribution in [2.45, 2.75) is 83.3 Å². The molecule has 2 saturated heterocycles. The third-order valence-electron chi connectivity index (χ3n) is 4.79. The molecular weight excluding hydrogens is 292 g/mol. The first-order chi connectivity index (χ1) is 11.2. The number of hydrogen-bond acceptors (Lipinski definition) is 4. The number of hydrogen-bond donors (Lipinski definition) is 1. The van der Waals surface area contributed by atoms with Crippen LogP contribution in [0.1, 0.15) is 77.6 Å². The highest BCUT2D eigenvalue weighted by atomic mass is 16.7. The maximum absolute atomic E-state index is 12.3. The van der Waals surface area contributed by atoms with E-state index in [0.717, 1.165) is 38.8 Å². The van der Waals surface area contributed by atoms with E-state index in [1.807, 2.05) is 5.01 Å². The van der Waals surface area contributed by atoms with Crippen molar-refractivity contribution in [2.24, 2.45) is 0 Å². The molecule has 2 aliphatic rings. The standard InChI is InChI=1S/C18H34N2O3/c1-2-3-4-5-6-7-8-11-18(22-14-15-23-18)16-17(21)19-20-12-9-10-13-20/h2-16H2,1H3,(H,19,21). The molecule has 2 aliphatic heterocycles. The number of nitrogens with zero attached hydrogens (tertiary/aromatic N) is 1. The molecule has 0 aromatic carbocycles. The molecule has 0 aromatic heterocycles. The molecule has 0 bridgehead atoms. The van der Waals surface area contributed by atoms with Gasteiger partial charge in [-0.25, -0.2) is 5.01 Å². The molecule has 0 atom stereocenters. The molecule has 2 rings (SSSR count). The topological polar surface area (TPSA) is 50.8 Å². The average Bonchev–Trinajstić information content (AvgIpc) is 3.19. The van der Waals surface area contributed by atoms with Crippen LogP contribution in [-0.2, 0) is 14.3 Å². The van der Waals surface area contributed by atoms with E-state index < -0.39 is 5.79 Å². The summed E-state index contributed by atoms with van der Waals surface area (Å²) in [5, 5.41) is 2.01. The Kier molecular flexibility index (Phi) is 8.34. The number of unbranched alkanes of at least 4 members (excludes halogenated alkanes) is 6. The molecule has 2 fully saturated rings. The summed E-state index contributed by atoms with van der Waals surface area (Å²) in [5.74, 6) is -0.649. The van der Waals surface area contributed by atoms with Gasteiger partial charge in [0, 0.05) is 19.5 Å². The van der Waals surface area contributed by atoms with Crippen molar-refractivity contribution in [3.8, 4) is 0 Å². The highest BCUT2D eigenvalue weighted by molar-refractivity contribution is 5.76.